The Morgan fingerprint density at radius 3 is 2.65 bits per heavy atom. The van der Waals surface area contributed by atoms with Crippen molar-refractivity contribution in [2.45, 2.75) is 13.8 Å². The Labute approximate surface area is 105 Å². The summed E-state index contributed by atoms with van der Waals surface area (Å²) >= 11 is 5.96. The first kappa shape index (κ1) is 13.8. The van der Waals surface area contributed by atoms with Gasteiger partial charge < -0.3 is 15.5 Å². The number of rotatable bonds is 5. The third kappa shape index (κ3) is 3.91. The lowest BCUT2D eigenvalue weighted by Gasteiger charge is -2.23. The first-order valence-corrected chi connectivity index (χ1v) is 5.61. The number of halogens is 1. The summed E-state index contributed by atoms with van der Waals surface area (Å²) in [6.07, 6.45) is 0. The van der Waals surface area contributed by atoms with E-state index >= 15 is 0 Å². The van der Waals surface area contributed by atoms with E-state index in [9.17, 15) is 4.79 Å². The van der Waals surface area contributed by atoms with Crippen molar-refractivity contribution in [3.05, 3.63) is 28.8 Å². The number of anilines is 1. The van der Waals surface area contributed by atoms with E-state index in [2.05, 4.69) is 5.32 Å². The van der Waals surface area contributed by atoms with Crippen molar-refractivity contribution in [2.24, 2.45) is 5.41 Å². The van der Waals surface area contributed by atoms with Crippen molar-refractivity contribution in [3.63, 3.8) is 0 Å². The number of carboxylic acids is 1. The van der Waals surface area contributed by atoms with Crippen LogP contribution in [0.2, 0.25) is 5.02 Å². The number of carbonyl (C=O) groups is 1. The van der Waals surface area contributed by atoms with Gasteiger partial charge in [-0.2, -0.15) is 0 Å². The summed E-state index contributed by atoms with van der Waals surface area (Å²) in [5.74, 6) is -0.994. The summed E-state index contributed by atoms with van der Waals surface area (Å²) in [4.78, 5) is 10.8. The molecule has 5 heteroatoms. The number of aliphatic hydroxyl groups is 1. The number of benzene rings is 1. The maximum Gasteiger partial charge on any atom is 0.335 e. The molecule has 0 saturated heterocycles. The maximum atomic E-state index is 10.8. The summed E-state index contributed by atoms with van der Waals surface area (Å²) in [5, 5.41) is 21.5. The standard InChI is InChI=1S/C12H16ClNO3/c1-12(2,7-15)6-14-10-5-8(11(16)17)3-4-9(10)13/h3-5,14-15H,6-7H2,1-2H3,(H,16,17). The Balaban J connectivity index is 2.83. The van der Waals surface area contributed by atoms with Crippen LogP contribution in [0.4, 0.5) is 5.69 Å². The lowest BCUT2D eigenvalue weighted by Crippen LogP contribution is -2.26. The van der Waals surface area contributed by atoms with Gasteiger partial charge in [-0.15, -0.1) is 0 Å². The zero-order valence-corrected chi connectivity index (χ0v) is 10.6. The highest BCUT2D eigenvalue weighted by Gasteiger charge is 2.17. The van der Waals surface area contributed by atoms with Crippen molar-refractivity contribution in [2.75, 3.05) is 18.5 Å². The van der Waals surface area contributed by atoms with Crippen LogP contribution in [-0.4, -0.2) is 29.3 Å². The van der Waals surface area contributed by atoms with Crippen LogP contribution in [0.3, 0.4) is 0 Å². The minimum atomic E-state index is -0.994. The largest absolute Gasteiger partial charge is 0.478 e. The van der Waals surface area contributed by atoms with Gasteiger partial charge in [0, 0.05) is 18.6 Å². The highest BCUT2D eigenvalue weighted by atomic mass is 35.5. The van der Waals surface area contributed by atoms with Gasteiger partial charge in [0.25, 0.3) is 0 Å². The fraction of sp³-hybridized carbons (Fsp3) is 0.417. The van der Waals surface area contributed by atoms with Crippen LogP contribution >= 0.6 is 11.6 Å². The zero-order chi connectivity index (χ0) is 13.1. The molecule has 0 atom stereocenters. The molecule has 94 valence electrons. The minimum absolute atomic E-state index is 0.0379. The monoisotopic (exact) mass is 257 g/mol. The Morgan fingerprint density at radius 2 is 2.12 bits per heavy atom. The molecule has 3 N–H and O–H groups in total. The van der Waals surface area contributed by atoms with E-state index < -0.39 is 5.97 Å². The molecule has 17 heavy (non-hydrogen) atoms. The average molecular weight is 258 g/mol. The van der Waals surface area contributed by atoms with Gasteiger partial charge in [-0.1, -0.05) is 25.4 Å². The Kier molecular flexibility index (Phi) is 4.37. The molecule has 0 radical (unpaired) electrons. The van der Waals surface area contributed by atoms with Crippen LogP contribution in [0, 0.1) is 5.41 Å². The number of aliphatic hydroxyl groups excluding tert-OH is 1. The number of hydrogen-bond acceptors (Lipinski definition) is 3. The first-order valence-electron chi connectivity index (χ1n) is 5.23. The lowest BCUT2D eigenvalue weighted by atomic mass is 9.95. The molecular weight excluding hydrogens is 242 g/mol. The van der Waals surface area contributed by atoms with Gasteiger partial charge in [0.1, 0.15) is 0 Å². The second kappa shape index (κ2) is 5.38. The van der Waals surface area contributed by atoms with Crippen LogP contribution < -0.4 is 5.32 Å². The smallest absolute Gasteiger partial charge is 0.335 e. The number of aromatic carboxylic acids is 1. The number of nitrogens with one attached hydrogen (secondary N) is 1. The van der Waals surface area contributed by atoms with Gasteiger partial charge in [0.05, 0.1) is 16.3 Å². The van der Waals surface area contributed by atoms with Crippen molar-refractivity contribution in [3.8, 4) is 0 Å². The molecule has 1 aromatic carbocycles. The molecule has 0 aliphatic rings. The van der Waals surface area contributed by atoms with E-state index in [1.807, 2.05) is 13.8 Å². The molecule has 0 fully saturated rings. The number of carboxylic acid groups (broad SMARTS) is 1. The third-order valence-electron chi connectivity index (χ3n) is 2.40. The Morgan fingerprint density at radius 1 is 1.47 bits per heavy atom. The van der Waals surface area contributed by atoms with Crippen LogP contribution in [-0.2, 0) is 0 Å². The molecule has 0 aliphatic carbocycles. The summed E-state index contributed by atoms with van der Waals surface area (Å²) in [6.45, 7) is 4.34. The SMILES string of the molecule is CC(C)(CO)CNc1cc(C(=O)O)ccc1Cl. The van der Waals surface area contributed by atoms with Crippen molar-refractivity contribution in [1.82, 2.24) is 0 Å². The summed E-state index contributed by atoms with van der Waals surface area (Å²) in [6, 6.07) is 4.48. The van der Waals surface area contributed by atoms with Gasteiger partial charge in [-0.25, -0.2) is 4.79 Å². The predicted molar refractivity (Wildman–Crippen MR) is 67.8 cm³/mol. The van der Waals surface area contributed by atoms with E-state index in [1.54, 1.807) is 6.07 Å². The summed E-state index contributed by atoms with van der Waals surface area (Å²) in [5.41, 5.74) is 0.453. The van der Waals surface area contributed by atoms with Crippen molar-refractivity contribution < 1.29 is 15.0 Å². The van der Waals surface area contributed by atoms with Crippen LogP contribution in [0.5, 0.6) is 0 Å². The first-order chi connectivity index (χ1) is 7.85. The predicted octanol–water partition coefficient (Wildman–Crippen LogP) is 2.47. The Hall–Kier alpha value is -1.26. The van der Waals surface area contributed by atoms with Crippen LogP contribution in [0.15, 0.2) is 18.2 Å². The molecule has 1 rings (SSSR count). The number of hydrogen-bond donors (Lipinski definition) is 3. The molecule has 4 nitrogen and oxygen atoms in total. The molecule has 1 aromatic rings. The Bertz CT molecular complexity index is 418. The van der Waals surface area contributed by atoms with E-state index in [0.717, 1.165) is 0 Å². The van der Waals surface area contributed by atoms with Gasteiger partial charge in [0.15, 0.2) is 0 Å². The molecule has 0 spiro atoms. The van der Waals surface area contributed by atoms with Crippen LogP contribution in [0.1, 0.15) is 24.2 Å². The highest BCUT2D eigenvalue weighted by Crippen LogP contribution is 2.25. The highest BCUT2D eigenvalue weighted by molar-refractivity contribution is 6.33. The minimum Gasteiger partial charge on any atom is -0.478 e. The lowest BCUT2D eigenvalue weighted by molar-refractivity contribution is 0.0697. The molecule has 0 aliphatic heterocycles. The molecule has 0 saturated carbocycles. The second-order valence-corrected chi connectivity index (χ2v) is 5.08. The zero-order valence-electron chi connectivity index (χ0n) is 9.83. The topological polar surface area (TPSA) is 69.6 Å². The van der Waals surface area contributed by atoms with E-state index in [4.69, 9.17) is 21.8 Å². The summed E-state index contributed by atoms with van der Waals surface area (Å²) < 4.78 is 0. The normalized spacial score (nSPS) is 11.3. The van der Waals surface area contributed by atoms with Crippen molar-refractivity contribution >= 4 is 23.3 Å². The maximum absolute atomic E-state index is 10.8. The van der Waals surface area contributed by atoms with Crippen molar-refractivity contribution in [1.29, 1.82) is 0 Å². The van der Waals surface area contributed by atoms with Gasteiger partial charge in [-0.05, 0) is 18.2 Å². The van der Waals surface area contributed by atoms with Gasteiger partial charge in [-0.3, -0.25) is 0 Å². The average Bonchev–Trinajstić information content (AvgIpc) is 2.27. The summed E-state index contributed by atoms with van der Waals surface area (Å²) in [7, 11) is 0. The van der Waals surface area contributed by atoms with Gasteiger partial charge in [0.2, 0.25) is 0 Å². The third-order valence-corrected chi connectivity index (χ3v) is 2.73. The molecule has 0 aromatic heterocycles. The van der Waals surface area contributed by atoms with E-state index in [1.165, 1.54) is 12.1 Å². The molecule has 0 amide bonds. The molecule has 0 bridgehead atoms. The molecule has 0 heterocycles. The fourth-order valence-corrected chi connectivity index (χ4v) is 1.37. The second-order valence-electron chi connectivity index (χ2n) is 4.68. The van der Waals surface area contributed by atoms with E-state index in [-0.39, 0.29) is 17.6 Å². The van der Waals surface area contributed by atoms with E-state index in [0.29, 0.717) is 17.3 Å². The van der Waals surface area contributed by atoms with Gasteiger partial charge >= 0.3 is 5.97 Å². The quantitative estimate of drug-likeness (QED) is 0.758. The molecule has 0 unspecified atom stereocenters. The molecular formula is C12H16ClNO3. The fourth-order valence-electron chi connectivity index (χ4n) is 1.18. The van der Waals surface area contributed by atoms with Crippen LogP contribution in [0.25, 0.3) is 0 Å².